The Hall–Kier alpha value is -2.88. The van der Waals surface area contributed by atoms with E-state index >= 15 is 0 Å². The van der Waals surface area contributed by atoms with Crippen molar-refractivity contribution in [3.63, 3.8) is 0 Å². The number of nitrogens with zero attached hydrogens (tertiary/aromatic N) is 3. The van der Waals surface area contributed by atoms with Gasteiger partial charge in [-0.05, 0) is 50.0 Å². The number of fused-ring (bicyclic) bond motifs is 1. The van der Waals surface area contributed by atoms with Crippen molar-refractivity contribution in [3.8, 4) is 5.75 Å². The molecule has 1 saturated heterocycles. The topological polar surface area (TPSA) is 87.8 Å². The number of alkyl halides is 3. The number of hydrogen-bond acceptors (Lipinski definition) is 6. The Bertz CT molecular complexity index is 934. The fourth-order valence-corrected chi connectivity index (χ4v) is 3.56. The smallest absolute Gasteiger partial charge is 0.406 e. The maximum Gasteiger partial charge on any atom is 0.573 e. The number of ether oxygens (including phenoxy) is 1. The average molecular weight is 392 g/mol. The maximum absolute atomic E-state index is 12.4. The van der Waals surface area contributed by atoms with E-state index in [1.807, 2.05) is 0 Å². The Labute approximate surface area is 158 Å². The first-order valence-corrected chi connectivity index (χ1v) is 8.90. The summed E-state index contributed by atoms with van der Waals surface area (Å²) in [6, 6.07) is 6.01. The number of anilines is 1. The summed E-state index contributed by atoms with van der Waals surface area (Å²) in [5.74, 6) is 0.419. The lowest BCUT2D eigenvalue weighted by Crippen LogP contribution is -2.49. The highest BCUT2D eigenvalue weighted by Crippen LogP contribution is 2.31. The van der Waals surface area contributed by atoms with Crippen LogP contribution in [-0.4, -0.2) is 44.9 Å². The van der Waals surface area contributed by atoms with Gasteiger partial charge in [-0.1, -0.05) is 12.1 Å². The largest absolute Gasteiger partial charge is 0.573 e. The Morgan fingerprint density at radius 1 is 1.07 bits per heavy atom. The van der Waals surface area contributed by atoms with Crippen molar-refractivity contribution in [1.29, 1.82) is 0 Å². The standard InChI is InChI=1S/C18H19F3N6O/c19-18(20,21)28-13-3-1-12(2-4-13)9-17(5-7-22-8-6-17)27-16-14-15(24-10-23-14)25-11-26-16/h1-4,10-11,22H,5-9H2,(H2,23,24,25,26,27). The van der Waals surface area contributed by atoms with E-state index in [4.69, 9.17) is 0 Å². The molecule has 28 heavy (non-hydrogen) atoms. The van der Waals surface area contributed by atoms with Gasteiger partial charge in [0.25, 0.3) is 0 Å². The summed E-state index contributed by atoms with van der Waals surface area (Å²) < 4.78 is 41.0. The van der Waals surface area contributed by atoms with Gasteiger partial charge in [0.2, 0.25) is 0 Å². The fraction of sp³-hybridized carbons (Fsp3) is 0.389. The van der Waals surface area contributed by atoms with Gasteiger partial charge in [0.05, 0.1) is 6.33 Å². The molecule has 0 saturated carbocycles. The van der Waals surface area contributed by atoms with Crippen LogP contribution in [0.1, 0.15) is 18.4 Å². The molecule has 4 rings (SSSR count). The summed E-state index contributed by atoms with van der Waals surface area (Å²) in [5, 5.41) is 6.88. The van der Waals surface area contributed by atoms with Crippen LogP contribution in [0, 0.1) is 0 Å². The number of rotatable bonds is 5. The number of halogens is 3. The molecule has 0 unspecified atom stereocenters. The molecule has 3 aromatic rings. The molecule has 7 nitrogen and oxygen atoms in total. The van der Waals surface area contributed by atoms with Crippen molar-refractivity contribution in [2.24, 2.45) is 0 Å². The molecule has 0 radical (unpaired) electrons. The highest BCUT2D eigenvalue weighted by atomic mass is 19.4. The third-order valence-corrected chi connectivity index (χ3v) is 4.86. The number of aromatic amines is 1. The Morgan fingerprint density at radius 3 is 2.54 bits per heavy atom. The Morgan fingerprint density at radius 2 is 1.82 bits per heavy atom. The zero-order valence-electron chi connectivity index (χ0n) is 14.9. The normalized spacial score (nSPS) is 16.8. The van der Waals surface area contributed by atoms with Gasteiger partial charge < -0.3 is 20.4 Å². The lowest BCUT2D eigenvalue weighted by atomic mass is 9.82. The first-order chi connectivity index (χ1) is 13.4. The average Bonchev–Trinajstić information content (AvgIpc) is 3.13. The van der Waals surface area contributed by atoms with Gasteiger partial charge in [0.15, 0.2) is 11.5 Å². The molecule has 148 valence electrons. The maximum atomic E-state index is 12.4. The summed E-state index contributed by atoms with van der Waals surface area (Å²) in [4.78, 5) is 15.7. The zero-order valence-corrected chi connectivity index (χ0v) is 14.9. The van der Waals surface area contributed by atoms with E-state index in [1.54, 1.807) is 18.5 Å². The minimum atomic E-state index is -4.69. The van der Waals surface area contributed by atoms with E-state index in [9.17, 15) is 13.2 Å². The molecular formula is C18H19F3N6O. The van der Waals surface area contributed by atoms with Crippen LogP contribution in [0.3, 0.4) is 0 Å². The van der Waals surface area contributed by atoms with Crippen molar-refractivity contribution in [2.75, 3.05) is 18.4 Å². The fourth-order valence-electron chi connectivity index (χ4n) is 3.56. The van der Waals surface area contributed by atoms with Crippen molar-refractivity contribution in [1.82, 2.24) is 25.3 Å². The number of aromatic nitrogens is 4. The predicted octanol–water partition coefficient (Wildman–Crippen LogP) is 3.03. The Kier molecular flexibility index (Phi) is 4.80. The van der Waals surface area contributed by atoms with Crippen LogP contribution in [0.15, 0.2) is 36.9 Å². The molecule has 0 spiro atoms. The first-order valence-electron chi connectivity index (χ1n) is 8.90. The first kappa shape index (κ1) is 18.5. The molecule has 1 fully saturated rings. The highest BCUT2D eigenvalue weighted by Gasteiger charge is 2.34. The van der Waals surface area contributed by atoms with E-state index in [0.717, 1.165) is 31.5 Å². The summed E-state index contributed by atoms with van der Waals surface area (Å²) in [7, 11) is 0. The molecule has 2 aromatic heterocycles. The van der Waals surface area contributed by atoms with E-state index in [-0.39, 0.29) is 11.3 Å². The quantitative estimate of drug-likeness (QED) is 0.619. The van der Waals surface area contributed by atoms with Crippen LogP contribution in [-0.2, 0) is 6.42 Å². The van der Waals surface area contributed by atoms with E-state index < -0.39 is 6.36 Å². The third kappa shape index (κ3) is 4.16. The van der Waals surface area contributed by atoms with Crippen LogP contribution in [0.25, 0.3) is 11.2 Å². The van der Waals surface area contributed by atoms with Crippen LogP contribution in [0.2, 0.25) is 0 Å². The van der Waals surface area contributed by atoms with Gasteiger partial charge in [-0.3, -0.25) is 0 Å². The number of piperidine rings is 1. The predicted molar refractivity (Wildman–Crippen MR) is 97.0 cm³/mol. The van der Waals surface area contributed by atoms with Gasteiger partial charge in [-0.25, -0.2) is 15.0 Å². The minimum absolute atomic E-state index is 0.224. The van der Waals surface area contributed by atoms with Crippen LogP contribution < -0.4 is 15.4 Å². The molecule has 0 atom stereocenters. The number of nitrogens with one attached hydrogen (secondary N) is 3. The van der Waals surface area contributed by atoms with Crippen LogP contribution >= 0.6 is 0 Å². The molecule has 0 amide bonds. The van der Waals surface area contributed by atoms with E-state index in [1.165, 1.54) is 18.5 Å². The SMILES string of the molecule is FC(F)(F)Oc1ccc(CC2(Nc3ncnc4[nH]cnc34)CCNCC2)cc1. The molecular weight excluding hydrogens is 373 g/mol. The van der Waals surface area contributed by atoms with Crippen molar-refractivity contribution < 1.29 is 17.9 Å². The minimum Gasteiger partial charge on any atom is -0.406 e. The summed E-state index contributed by atoms with van der Waals surface area (Å²) in [6.07, 6.45) is 0.658. The zero-order chi connectivity index (χ0) is 19.6. The van der Waals surface area contributed by atoms with E-state index in [0.29, 0.717) is 23.4 Å². The lowest BCUT2D eigenvalue weighted by Gasteiger charge is -2.39. The van der Waals surface area contributed by atoms with Gasteiger partial charge in [0.1, 0.15) is 17.6 Å². The van der Waals surface area contributed by atoms with E-state index in [2.05, 4.69) is 35.3 Å². The van der Waals surface area contributed by atoms with Gasteiger partial charge >= 0.3 is 6.36 Å². The van der Waals surface area contributed by atoms with Crippen LogP contribution in [0.4, 0.5) is 19.0 Å². The number of H-pyrrole nitrogens is 1. The van der Waals surface area contributed by atoms with Crippen molar-refractivity contribution in [3.05, 3.63) is 42.5 Å². The molecule has 0 aliphatic carbocycles. The number of benzene rings is 1. The van der Waals surface area contributed by atoms with Gasteiger partial charge in [0, 0.05) is 5.54 Å². The molecule has 1 aliphatic heterocycles. The second-order valence-electron chi connectivity index (χ2n) is 6.85. The van der Waals surface area contributed by atoms with Gasteiger partial charge in [-0.15, -0.1) is 13.2 Å². The van der Waals surface area contributed by atoms with Crippen LogP contribution in [0.5, 0.6) is 5.75 Å². The summed E-state index contributed by atoms with van der Waals surface area (Å²) in [5.41, 5.74) is 1.93. The highest BCUT2D eigenvalue weighted by molar-refractivity contribution is 5.82. The molecule has 1 aliphatic rings. The third-order valence-electron chi connectivity index (χ3n) is 4.86. The summed E-state index contributed by atoms with van der Waals surface area (Å²) >= 11 is 0. The Balaban J connectivity index is 1.57. The van der Waals surface area contributed by atoms with Crippen molar-refractivity contribution >= 4 is 17.0 Å². The second kappa shape index (κ2) is 7.27. The second-order valence-corrected chi connectivity index (χ2v) is 6.85. The monoisotopic (exact) mass is 392 g/mol. The molecule has 3 heterocycles. The number of imidazole rings is 1. The molecule has 0 bridgehead atoms. The van der Waals surface area contributed by atoms with Crippen molar-refractivity contribution in [2.45, 2.75) is 31.2 Å². The number of hydrogen-bond donors (Lipinski definition) is 3. The van der Waals surface area contributed by atoms with Gasteiger partial charge in [-0.2, -0.15) is 0 Å². The molecule has 1 aromatic carbocycles. The lowest BCUT2D eigenvalue weighted by molar-refractivity contribution is -0.274. The summed E-state index contributed by atoms with van der Waals surface area (Å²) in [6.45, 7) is 1.66. The molecule has 10 heteroatoms. The molecule has 3 N–H and O–H groups in total.